The summed E-state index contributed by atoms with van der Waals surface area (Å²) in [5, 5.41) is 14.4. The summed E-state index contributed by atoms with van der Waals surface area (Å²) in [4.78, 5) is 12.7. The molecule has 0 fully saturated rings. The maximum atomic E-state index is 10.7. The average Bonchev–Trinajstić information content (AvgIpc) is 2.41. The number of likely N-dealkylation sites (N-methyl/N-ethyl adjacent to an activating group) is 1. The van der Waals surface area contributed by atoms with Gasteiger partial charge in [0, 0.05) is 29.9 Å². The summed E-state index contributed by atoms with van der Waals surface area (Å²) >= 11 is 0. The summed E-state index contributed by atoms with van der Waals surface area (Å²) in [6.07, 6.45) is 2.66. The van der Waals surface area contributed by atoms with Gasteiger partial charge in [0.2, 0.25) is 0 Å². The van der Waals surface area contributed by atoms with Crippen molar-refractivity contribution in [2.24, 2.45) is 0 Å². The molecule has 0 bridgehead atoms. The summed E-state index contributed by atoms with van der Waals surface area (Å²) in [5.74, 6) is -0.938. The van der Waals surface area contributed by atoms with Crippen molar-refractivity contribution >= 4 is 28.1 Å². The Balaban J connectivity index is 2.10. The average molecular weight is 254 g/mol. The van der Waals surface area contributed by atoms with Crippen LogP contribution in [0.3, 0.4) is 0 Å². The molecule has 1 aliphatic heterocycles. The first kappa shape index (κ1) is 11.6. The van der Waals surface area contributed by atoms with E-state index >= 15 is 0 Å². The Morgan fingerprint density at radius 2 is 2.05 bits per heavy atom. The molecule has 2 aromatic rings. The van der Waals surface area contributed by atoms with E-state index in [0.717, 1.165) is 11.4 Å². The monoisotopic (exact) mass is 254 g/mol. The van der Waals surface area contributed by atoms with Gasteiger partial charge in [-0.05, 0) is 23.6 Å². The van der Waals surface area contributed by atoms with Crippen LogP contribution in [0.5, 0.6) is 0 Å². The molecule has 0 amide bonds. The van der Waals surface area contributed by atoms with Crippen molar-refractivity contribution in [2.45, 2.75) is 6.17 Å². The van der Waals surface area contributed by atoms with Gasteiger partial charge in [0.15, 0.2) is 0 Å². The highest BCUT2D eigenvalue weighted by atomic mass is 16.4. The van der Waals surface area contributed by atoms with Crippen LogP contribution in [0.2, 0.25) is 0 Å². The third kappa shape index (κ3) is 1.91. The lowest BCUT2D eigenvalue weighted by atomic mass is 10.0. The number of anilines is 2. The molecule has 0 saturated carbocycles. The Bertz CT molecular complexity index is 674. The Labute approximate surface area is 111 Å². The molecule has 2 N–H and O–H groups in total. The first-order valence-corrected chi connectivity index (χ1v) is 6.09. The first-order valence-electron chi connectivity index (χ1n) is 6.09. The number of carbonyl (C=O) groups is 1. The van der Waals surface area contributed by atoms with Crippen LogP contribution in [0.4, 0.5) is 11.4 Å². The predicted molar refractivity (Wildman–Crippen MR) is 76.5 cm³/mol. The number of benzene rings is 2. The second kappa shape index (κ2) is 4.31. The summed E-state index contributed by atoms with van der Waals surface area (Å²) < 4.78 is 0. The van der Waals surface area contributed by atoms with Crippen LogP contribution in [-0.4, -0.2) is 24.3 Å². The molecule has 19 heavy (non-hydrogen) atoms. The maximum absolute atomic E-state index is 10.7. The highest BCUT2D eigenvalue weighted by molar-refractivity contribution is 6.05. The molecule has 0 saturated heterocycles. The SMILES string of the molecule is CN1c2cccc3cccc(c23)NC1C=CC(=O)O. The lowest BCUT2D eigenvalue weighted by Gasteiger charge is -2.35. The zero-order chi connectivity index (χ0) is 13.4. The molecule has 1 heterocycles. The van der Waals surface area contributed by atoms with E-state index in [9.17, 15) is 4.79 Å². The molecule has 1 unspecified atom stereocenters. The quantitative estimate of drug-likeness (QED) is 0.809. The van der Waals surface area contributed by atoms with Gasteiger partial charge in [-0.25, -0.2) is 4.79 Å². The number of hydrogen-bond acceptors (Lipinski definition) is 3. The van der Waals surface area contributed by atoms with Gasteiger partial charge in [-0.1, -0.05) is 24.3 Å². The van der Waals surface area contributed by atoms with Gasteiger partial charge in [0.05, 0.1) is 0 Å². The fourth-order valence-corrected chi connectivity index (χ4v) is 2.49. The Hall–Kier alpha value is -2.49. The van der Waals surface area contributed by atoms with E-state index in [1.165, 1.54) is 16.8 Å². The van der Waals surface area contributed by atoms with E-state index in [0.29, 0.717) is 0 Å². The van der Waals surface area contributed by atoms with Crippen molar-refractivity contribution < 1.29 is 9.90 Å². The standard InChI is InChI=1S/C15H14N2O2/c1-17-12-7-3-5-10-4-2-6-11(15(10)12)16-13(17)8-9-14(18)19/h2-9,13,16H,1H3,(H,18,19). The zero-order valence-corrected chi connectivity index (χ0v) is 10.5. The van der Waals surface area contributed by atoms with Gasteiger partial charge in [0.25, 0.3) is 0 Å². The minimum Gasteiger partial charge on any atom is -0.478 e. The molecular formula is C15H14N2O2. The van der Waals surface area contributed by atoms with Gasteiger partial charge in [-0.2, -0.15) is 0 Å². The van der Waals surface area contributed by atoms with Crippen LogP contribution in [0.1, 0.15) is 0 Å². The Kier molecular flexibility index (Phi) is 2.63. The lowest BCUT2D eigenvalue weighted by Crippen LogP contribution is -2.39. The predicted octanol–water partition coefficient (Wildman–Crippen LogP) is 2.67. The van der Waals surface area contributed by atoms with Crippen molar-refractivity contribution in [2.75, 3.05) is 17.3 Å². The van der Waals surface area contributed by atoms with Crippen LogP contribution in [0.25, 0.3) is 10.8 Å². The van der Waals surface area contributed by atoms with Gasteiger partial charge < -0.3 is 15.3 Å². The van der Waals surface area contributed by atoms with E-state index in [1.807, 2.05) is 36.2 Å². The van der Waals surface area contributed by atoms with E-state index in [4.69, 9.17) is 5.11 Å². The Morgan fingerprint density at radius 3 is 2.79 bits per heavy atom. The maximum Gasteiger partial charge on any atom is 0.328 e. The molecular weight excluding hydrogens is 240 g/mol. The number of hydrogen-bond donors (Lipinski definition) is 2. The number of nitrogens with zero attached hydrogens (tertiary/aromatic N) is 1. The van der Waals surface area contributed by atoms with Crippen LogP contribution in [0, 0.1) is 0 Å². The first-order chi connectivity index (χ1) is 9.16. The molecule has 2 aromatic carbocycles. The van der Waals surface area contributed by atoms with Crippen LogP contribution < -0.4 is 10.2 Å². The summed E-state index contributed by atoms with van der Waals surface area (Å²) in [6.45, 7) is 0. The van der Waals surface area contributed by atoms with E-state index < -0.39 is 5.97 Å². The number of carboxylic acid groups (broad SMARTS) is 1. The number of aliphatic carboxylic acids is 1. The topological polar surface area (TPSA) is 52.6 Å². The van der Waals surface area contributed by atoms with Gasteiger partial charge in [-0.15, -0.1) is 0 Å². The van der Waals surface area contributed by atoms with Gasteiger partial charge in [-0.3, -0.25) is 0 Å². The zero-order valence-electron chi connectivity index (χ0n) is 10.5. The summed E-state index contributed by atoms with van der Waals surface area (Å²) in [7, 11) is 1.95. The van der Waals surface area contributed by atoms with Crippen LogP contribution in [-0.2, 0) is 4.79 Å². The fourth-order valence-electron chi connectivity index (χ4n) is 2.49. The molecule has 4 nitrogen and oxygen atoms in total. The van der Waals surface area contributed by atoms with Crippen molar-refractivity contribution in [3.05, 3.63) is 48.6 Å². The molecule has 0 radical (unpaired) electrons. The van der Waals surface area contributed by atoms with Gasteiger partial charge >= 0.3 is 5.97 Å². The summed E-state index contributed by atoms with van der Waals surface area (Å²) in [5.41, 5.74) is 2.14. The van der Waals surface area contributed by atoms with Crippen LogP contribution >= 0.6 is 0 Å². The highest BCUT2D eigenvalue weighted by Crippen LogP contribution is 2.37. The minimum atomic E-state index is -0.938. The molecule has 96 valence electrons. The second-order valence-corrected chi connectivity index (χ2v) is 4.58. The lowest BCUT2D eigenvalue weighted by molar-refractivity contribution is -0.131. The molecule has 1 atom stereocenters. The third-order valence-corrected chi connectivity index (χ3v) is 3.40. The Morgan fingerprint density at radius 1 is 1.32 bits per heavy atom. The molecule has 0 aromatic heterocycles. The normalized spacial score (nSPS) is 17.7. The smallest absolute Gasteiger partial charge is 0.328 e. The number of rotatable bonds is 2. The molecule has 4 heteroatoms. The molecule has 1 aliphatic rings. The van der Waals surface area contributed by atoms with E-state index in [-0.39, 0.29) is 6.17 Å². The molecule has 0 spiro atoms. The van der Waals surface area contributed by atoms with Gasteiger partial charge in [0.1, 0.15) is 6.17 Å². The highest BCUT2D eigenvalue weighted by Gasteiger charge is 2.22. The molecule has 3 rings (SSSR count). The van der Waals surface area contributed by atoms with Crippen molar-refractivity contribution in [3.63, 3.8) is 0 Å². The molecule has 0 aliphatic carbocycles. The minimum absolute atomic E-state index is 0.156. The van der Waals surface area contributed by atoms with E-state index in [2.05, 4.69) is 17.4 Å². The number of nitrogens with one attached hydrogen (secondary N) is 1. The van der Waals surface area contributed by atoms with E-state index in [1.54, 1.807) is 6.08 Å². The van der Waals surface area contributed by atoms with Crippen molar-refractivity contribution in [3.8, 4) is 0 Å². The largest absolute Gasteiger partial charge is 0.478 e. The van der Waals surface area contributed by atoms with Crippen molar-refractivity contribution in [1.82, 2.24) is 0 Å². The summed E-state index contributed by atoms with van der Waals surface area (Å²) in [6, 6.07) is 12.2. The fraction of sp³-hybridized carbons (Fsp3) is 0.133. The second-order valence-electron chi connectivity index (χ2n) is 4.58. The van der Waals surface area contributed by atoms with Crippen LogP contribution in [0.15, 0.2) is 48.6 Å². The third-order valence-electron chi connectivity index (χ3n) is 3.40. The number of carboxylic acids is 1. The van der Waals surface area contributed by atoms with Crippen molar-refractivity contribution in [1.29, 1.82) is 0 Å².